The van der Waals surface area contributed by atoms with Crippen molar-refractivity contribution in [3.63, 3.8) is 0 Å². The third-order valence-electron chi connectivity index (χ3n) is 4.59. The van der Waals surface area contributed by atoms with Crippen LogP contribution in [-0.4, -0.2) is 25.0 Å². The van der Waals surface area contributed by atoms with Crippen molar-refractivity contribution >= 4 is 5.91 Å². The van der Waals surface area contributed by atoms with E-state index < -0.39 is 0 Å². The van der Waals surface area contributed by atoms with Crippen molar-refractivity contribution in [1.82, 2.24) is 10.6 Å². The number of hydrogen-bond donors (Lipinski definition) is 2. The molecule has 3 nitrogen and oxygen atoms in total. The van der Waals surface area contributed by atoms with Crippen LogP contribution in [0.15, 0.2) is 0 Å². The van der Waals surface area contributed by atoms with E-state index in [0.717, 1.165) is 38.3 Å². The lowest BCUT2D eigenvalue weighted by Crippen LogP contribution is -2.41. The molecule has 0 radical (unpaired) electrons. The van der Waals surface area contributed by atoms with Crippen LogP contribution < -0.4 is 10.6 Å². The van der Waals surface area contributed by atoms with E-state index in [1.54, 1.807) is 0 Å². The smallest absolute Gasteiger partial charge is 0.223 e. The molecule has 1 amide bonds. The van der Waals surface area contributed by atoms with Crippen LogP contribution in [0.4, 0.5) is 0 Å². The molecule has 1 saturated carbocycles. The molecule has 0 bridgehead atoms. The lowest BCUT2D eigenvalue weighted by atomic mass is 9.79. The molecule has 0 spiro atoms. The average molecular weight is 252 g/mol. The Balaban J connectivity index is 1.66. The zero-order valence-electron chi connectivity index (χ0n) is 11.7. The van der Waals surface area contributed by atoms with Gasteiger partial charge >= 0.3 is 0 Å². The second kappa shape index (κ2) is 7.13. The van der Waals surface area contributed by atoms with Gasteiger partial charge in [0.25, 0.3) is 0 Å². The average Bonchev–Trinajstić information content (AvgIpc) is 2.89. The normalized spacial score (nSPS) is 32.4. The highest BCUT2D eigenvalue weighted by atomic mass is 16.1. The van der Waals surface area contributed by atoms with E-state index in [1.165, 1.54) is 32.1 Å². The fraction of sp³-hybridized carbons (Fsp3) is 0.933. The number of rotatable bonds is 5. The molecule has 1 saturated heterocycles. The van der Waals surface area contributed by atoms with Crippen LogP contribution in [-0.2, 0) is 4.79 Å². The molecule has 104 valence electrons. The van der Waals surface area contributed by atoms with Crippen LogP contribution in [0.25, 0.3) is 0 Å². The summed E-state index contributed by atoms with van der Waals surface area (Å²) in [6.45, 7) is 4.26. The molecule has 1 aliphatic heterocycles. The summed E-state index contributed by atoms with van der Waals surface area (Å²) in [5.74, 6) is 1.50. The molecular weight excluding hydrogens is 224 g/mol. The first-order chi connectivity index (χ1) is 8.79. The van der Waals surface area contributed by atoms with Gasteiger partial charge in [-0.05, 0) is 44.6 Å². The SMILES string of the molecule is CCCCC1CCC(C(=O)NC2CCNC2)CC1. The van der Waals surface area contributed by atoms with E-state index in [2.05, 4.69) is 17.6 Å². The largest absolute Gasteiger partial charge is 0.352 e. The molecule has 1 atom stereocenters. The molecule has 1 unspecified atom stereocenters. The van der Waals surface area contributed by atoms with Crippen LogP contribution in [0, 0.1) is 11.8 Å². The van der Waals surface area contributed by atoms with Crippen LogP contribution in [0.1, 0.15) is 58.3 Å². The fourth-order valence-electron chi connectivity index (χ4n) is 3.30. The molecular formula is C15H28N2O. The maximum absolute atomic E-state index is 12.1. The minimum atomic E-state index is 0.295. The topological polar surface area (TPSA) is 41.1 Å². The van der Waals surface area contributed by atoms with E-state index in [1.807, 2.05) is 0 Å². The van der Waals surface area contributed by atoms with Crippen LogP contribution in [0.2, 0.25) is 0 Å². The van der Waals surface area contributed by atoms with Gasteiger partial charge < -0.3 is 10.6 Å². The molecule has 3 heteroatoms. The van der Waals surface area contributed by atoms with Gasteiger partial charge in [0.15, 0.2) is 0 Å². The Labute approximate surface area is 111 Å². The van der Waals surface area contributed by atoms with E-state index in [-0.39, 0.29) is 0 Å². The summed E-state index contributed by atoms with van der Waals surface area (Å²) in [4.78, 5) is 12.1. The zero-order valence-corrected chi connectivity index (χ0v) is 11.7. The number of amides is 1. The van der Waals surface area contributed by atoms with Gasteiger partial charge in [-0.2, -0.15) is 0 Å². The highest BCUT2D eigenvalue weighted by Gasteiger charge is 2.27. The van der Waals surface area contributed by atoms with Gasteiger partial charge in [-0.3, -0.25) is 4.79 Å². The third-order valence-corrected chi connectivity index (χ3v) is 4.59. The Morgan fingerprint density at radius 2 is 2.00 bits per heavy atom. The summed E-state index contributed by atoms with van der Waals surface area (Å²) in [5, 5.41) is 6.50. The van der Waals surface area contributed by atoms with E-state index >= 15 is 0 Å². The van der Waals surface area contributed by atoms with Crippen molar-refractivity contribution in [2.24, 2.45) is 11.8 Å². The van der Waals surface area contributed by atoms with Crippen LogP contribution in [0.3, 0.4) is 0 Å². The molecule has 2 N–H and O–H groups in total. The van der Waals surface area contributed by atoms with Crippen molar-refractivity contribution in [3.8, 4) is 0 Å². The molecule has 2 fully saturated rings. The second-order valence-corrected chi connectivity index (χ2v) is 6.06. The van der Waals surface area contributed by atoms with Crippen LogP contribution >= 0.6 is 0 Å². The lowest BCUT2D eigenvalue weighted by Gasteiger charge is -2.28. The summed E-state index contributed by atoms with van der Waals surface area (Å²) in [7, 11) is 0. The second-order valence-electron chi connectivity index (χ2n) is 6.06. The van der Waals surface area contributed by atoms with Gasteiger partial charge in [-0.25, -0.2) is 0 Å². The van der Waals surface area contributed by atoms with Crippen molar-refractivity contribution < 1.29 is 4.79 Å². The van der Waals surface area contributed by atoms with Gasteiger partial charge in [0.2, 0.25) is 5.91 Å². The summed E-state index contributed by atoms with van der Waals surface area (Å²) in [6, 6.07) is 0.385. The maximum atomic E-state index is 12.1. The van der Waals surface area contributed by atoms with E-state index in [9.17, 15) is 4.79 Å². The Hall–Kier alpha value is -0.570. The molecule has 1 heterocycles. The molecule has 0 aromatic rings. The van der Waals surface area contributed by atoms with Crippen molar-refractivity contribution in [3.05, 3.63) is 0 Å². The highest BCUT2D eigenvalue weighted by Crippen LogP contribution is 2.32. The number of carbonyl (C=O) groups excluding carboxylic acids is 1. The zero-order chi connectivity index (χ0) is 12.8. The fourth-order valence-corrected chi connectivity index (χ4v) is 3.30. The number of nitrogens with one attached hydrogen (secondary N) is 2. The van der Waals surface area contributed by atoms with Gasteiger partial charge in [-0.1, -0.05) is 26.2 Å². The van der Waals surface area contributed by atoms with Gasteiger partial charge in [0.1, 0.15) is 0 Å². The summed E-state index contributed by atoms with van der Waals surface area (Å²) in [5.41, 5.74) is 0. The molecule has 2 aliphatic rings. The van der Waals surface area contributed by atoms with Gasteiger partial charge in [0, 0.05) is 18.5 Å². The Morgan fingerprint density at radius 1 is 1.22 bits per heavy atom. The summed E-state index contributed by atoms with van der Waals surface area (Å²) in [6.07, 6.45) is 9.88. The quantitative estimate of drug-likeness (QED) is 0.789. The first kappa shape index (κ1) is 13.9. The van der Waals surface area contributed by atoms with Crippen LogP contribution in [0.5, 0.6) is 0 Å². The number of hydrogen-bond acceptors (Lipinski definition) is 2. The number of unbranched alkanes of at least 4 members (excludes halogenated alkanes) is 1. The molecule has 2 rings (SSSR count). The molecule has 18 heavy (non-hydrogen) atoms. The predicted octanol–water partition coefficient (Wildman–Crippen LogP) is 2.46. The number of carbonyl (C=O) groups is 1. The minimum absolute atomic E-state index is 0.295. The van der Waals surface area contributed by atoms with Gasteiger partial charge in [0.05, 0.1) is 0 Å². The monoisotopic (exact) mass is 252 g/mol. The minimum Gasteiger partial charge on any atom is -0.352 e. The predicted molar refractivity (Wildman–Crippen MR) is 74.4 cm³/mol. The maximum Gasteiger partial charge on any atom is 0.223 e. The van der Waals surface area contributed by atoms with Gasteiger partial charge in [-0.15, -0.1) is 0 Å². The Kier molecular flexibility index (Phi) is 5.48. The van der Waals surface area contributed by atoms with E-state index in [0.29, 0.717) is 17.9 Å². The first-order valence-electron chi connectivity index (χ1n) is 7.80. The van der Waals surface area contributed by atoms with Crippen molar-refractivity contribution in [2.75, 3.05) is 13.1 Å². The summed E-state index contributed by atoms with van der Waals surface area (Å²) >= 11 is 0. The standard InChI is InChI=1S/C15H28N2O/c1-2-3-4-12-5-7-13(8-6-12)15(18)17-14-9-10-16-11-14/h12-14,16H,2-11H2,1H3,(H,17,18). The Morgan fingerprint density at radius 3 is 2.61 bits per heavy atom. The molecule has 1 aliphatic carbocycles. The lowest BCUT2D eigenvalue weighted by molar-refractivity contribution is -0.126. The highest BCUT2D eigenvalue weighted by molar-refractivity contribution is 5.79. The first-order valence-corrected chi connectivity index (χ1v) is 7.80. The van der Waals surface area contributed by atoms with E-state index in [4.69, 9.17) is 0 Å². The van der Waals surface area contributed by atoms with Crippen molar-refractivity contribution in [2.45, 2.75) is 64.3 Å². The molecule has 0 aromatic heterocycles. The Bertz CT molecular complexity index is 253. The van der Waals surface area contributed by atoms with Crippen molar-refractivity contribution in [1.29, 1.82) is 0 Å². The molecule has 0 aromatic carbocycles. The third kappa shape index (κ3) is 3.98. The summed E-state index contributed by atoms with van der Waals surface area (Å²) < 4.78 is 0.